The molecule has 5 unspecified atom stereocenters. The molecular weight excluding hydrogens is 254 g/mol. The quantitative estimate of drug-likeness (QED) is 0.479. The van der Waals surface area contributed by atoms with E-state index in [4.69, 9.17) is 9.47 Å². The number of hydrogen-bond donors (Lipinski definition) is 3. The van der Waals surface area contributed by atoms with Crippen molar-refractivity contribution in [1.82, 2.24) is 0 Å². The molecule has 0 aromatic heterocycles. The molecule has 2 saturated heterocycles. The predicted octanol–water partition coefficient (Wildman–Crippen LogP) is -0.746. The van der Waals surface area contributed by atoms with Gasteiger partial charge in [-0.1, -0.05) is 18.2 Å². The Bertz CT molecular complexity index is 480. The molecule has 2 fully saturated rings. The van der Waals surface area contributed by atoms with Gasteiger partial charge in [-0.05, 0) is 12.1 Å². The van der Waals surface area contributed by atoms with E-state index >= 15 is 0 Å². The largest absolute Gasteiger partial charge is 0.455 e. The lowest BCUT2D eigenvalue weighted by Gasteiger charge is -2.26. The van der Waals surface area contributed by atoms with Gasteiger partial charge in [-0.25, -0.2) is 9.86 Å². The van der Waals surface area contributed by atoms with Gasteiger partial charge in [0.1, 0.15) is 12.2 Å². The summed E-state index contributed by atoms with van der Waals surface area (Å²) in [6.07, 6.45) is -5.71. The lowest BCUT2D eigenvalue weighted by Crippen LogP contribution is -2.43. The molecule has 0 bridgehead atoms. The minimum atomic E-state index is -1.44. The maximum atomic E-state index is 11.1. The van der Waals surface area contributed by atoms with Crippen molar-refractivity contribution in [3.8, 4) is 0 Å². The van der Waals surface area contributed by atoms with Gasteiger partial charge in [-0.3, -0.25) is 5.21 Å². The average Bonchev–Trinajstić information content (AvgIpc) is 2.89. The molecular formula is C12H13NO6. The number of para-hydroxylation sites is 1. The van der Waals surface area contributed by atoms with E-state index in [9.17, 15) is 20.2 Å². The van der Waals surface area contributed by atoms with E-state index in [1.165, 1.54) is 0 Å². The molecule has 19 heavy (non-hydrogen) atoms. The van der Waals surface area contributed by atoms with Crippen molar-refractivity contribution in [1.29, 1.82) is 0 Å². The van der Waals surface area contributed by atoms with Crippen LogP contribution < -0.4 is 5.06 Å². The summed E-state index contributed by atoms with van der Waals surface area (Å²) in [5.74, 6) is -0.822. The number of nitrogens with zero attached hydrogens (tertiary/aromatic N) is 1. The Balaban J connectivity index is 1.80. The predicted molar refractivity (Wildman–Crippen MR) is 61.3 cm³/mol. The van der Waals surface area contributed by atoms with E-state index in [1.54, 1.807) is 30.3 Å². The highest BCUT2D eigenvalue weighted by atomic mass is 16.7. The lowest BCUT2D eigenvalue weighted by molar-refractivity contribution is -0.154. The van der Waals surface area contributed by atoms with Crippen molar-refractivity contribution in [3.63, 3.8) is 0 Å². The number of ether oxygens (including phenoxy) is 2. The van der Waals surface area contributed by atoms with Crippen LogP contribution in [-0.2, 0) is 14.3 Å². The standard InChI is InChI=1S/C12H13NO6/c14-7-9-10(8(15)12(16)19-9)18-11(7)13(17)6-4-2-1-3-5-6/h1-5,7-11,14-15,17H. The van der Waals surface area contributed by atoms with Crippen molar-refractivity contribution in [2.24, 2.45) is 0 Å². The second kappa shape index (κ2) is 4.46. The van der Waals surface area contributed by atoms with Crippen LogP contribution in [0.1, 0.15) is 0 Å². The summed E-state index contributed by atoms with van der Waals surface area (Å²) >= 11 is 0. The topological polar surface area (TPSA) is 99.5 Å². The van der Waals surface area contributed by atoms with Gasteiger partial charge in [-0.15, -0.1) is 0 Å². The fourth-order valence-corrected chi connectivity index (χ4v) is 2.33. The van der Waals surface area contributed by atoms with Crippen molar-refractivity contribution < 1.29 is 29.7 Å². The van der Waals surface area contributed by atoms with E-state index < -0.39 is 36.6 Å². The lowest BCUT2D eigenvalue weighted by atomic mass is 10.1. The van der Waals surface area contributed by atoms with E-state index in [0.717, 1.165) is 5.06 Å². The number of carbonyl (C=O) groups excluding carboxylic acids is 1. The van der Waals surface area contributed by atoms with Gasteiger partial charge in [-0.2, -0.15) is 0 Å². The van der Waals surface area contributed by atoms with Crippen LogP contribution in [-0.4, -0.2) is 52.0 Å². The summed E-state index contributed by atoms with van der Waals surface area (Å²) in [5.41, 5.74) is 0.423. The third-order valence-corrected chi connectivity index (χ3v) is 3.32. The van der Waals surface area contributed by atoms with E-state index in [1.807, 2.05) is 0 Å². The summed E-state index contributed by atoms with van der Waals surface area (Å²) in [6.45, 7) is 0. The highest BCUT2D eigenvalue weighted by Gasteiger charge is 2.58. The Morgan fingerprint density at radius 1 is 1.11 bits per heavy atom. The van der Waals surface area contributed by atoms with Gasteiger partial charge in [0, 0.05) is 0 Å². The first-order valence-electron chi connectivity index (χ1n) is 5.85. The summed E-state index contributed by atoms with van der Waals surface area (Å²) in [7, 11) is 0. The Morgan fingerprint density at radius 3 is 2.42 bits per heavy atom. The number of aliphatic hydroxyl groups is 2. The molecule has 102 valence electrons. The minimum absolute atomic E-state index is 0.423. The molecule has 2 aliphatic heterocycles. The molecule has 0 saturated carbocycles. The van der Waals surface area contributed by atoms with Gasteiger partial charge in [0.2, 0.25) is 0 Å². The zero-order valence-corrected chi connectivity index (χ0v) is 9.79. The molecule has 7 heteroatoms. The van der Waals surface area contributed by atoms with Crippen LogP contribution in [0.15, 0.2) is 30.3 Å². The average molecular weight is 267 g/mol. The highest BCUT2D eigenvalue weighted by Crippen LogP contribution is 2.34. The SMILES string of the molecule is O=C1OC2C(O)C(N(O)c3ccccc3)OC2C1O. The van der Waals surface area contributed by atoms with Crippen LogP contribution in [0, 0.1) is 0 Å². The van der Waals surface area contributed by atoms with E-state index in [-0.39, 0.29) is 0 Å². The zero-order valence-electron chi connectivity index (χ0n) is 9.79. The number of aliphatic hydroxyl groups excluding tert-OH is 2. The molecule has 1 aromatic carbocycles. The fourth-order valence-electron chi connectivity index (χ4n) is 2.33. The minimum Gasteiger partial charge on any atom is -0.455 e. The monoisotopic (exact) mass is 267 g/mol. The van der Waals surface area contributed by atoms with Crippen LogP contribution in [0.5, 0.6) is 0 Å². The number of benzene rings is 1. The van der Waals surface area contributed by atoms with Gasteiger partial charge >= 0.3 is 5.97 Å². The van der Waals surface area contributed by atoms with E-state index in [2.05, 4.69) is 0 Å². The molecule has 3 N–H and O–H groups in total. The van der Waals surface area contributed by atoms with Gasteiger partial charge < -0.3 is 19.7 Å². The summed E-state index contributed by atoms with van der Waals surface area (Å²) in [4.78, 5) is 11.1. The third-order valence-electron chi connectivity index (χ3n) is 3.32. The zero-order chi connectivity index (χ0) is 13.6. The number of fused-ring (bicyclic) bond motifs is 1. The smallest absolute Gasteiger partial charge is 0.338 e. The number of carbonyl (C=O) groups is 1. The normalized spacial score (nSPS) is 37.0. The third kappa shape index (κ3) is 1.87. The Hall–Kier alpha value is -1.67. The number of esters is 1. The first-order chi connectivity index (χ1) is 9.09. The van der Waals surface area contributed by atoms with Crippen LogP contribution in [0.4, 0.5) is 5.69 Å². The molecule has 5 atom stereocenters. The molecule has 0 spiro atoms. The number of hydrogen-bond acceptors (Lipinski definition) is 7. The molecule has 0 radical (unpaired) electrons. The van der Waals surface area contributed by atoms with Crippen LogP contribution in [0.25, 0.3) is 0 Å². The Kier molecular flexibility index (Phi) is 2.90. The maximum Gasteiger partial charge on any atom is 0.338 e. The van der Waals surface area contributed by atoms with Crippen molar-refractivity contribution in [2.75, 3.05) is 5.06 Å². The molecule has 2 heterocycles. The molecule has 0 aliphatic carbocycles. The summed E-state index contributed by atoms with van der Waals surface area (Å²) < 4.78 is 10.2. The van der Waals surface area contributed by atoms with Crippen LogP contribution >= 0.6 is 0 Å². The molecule has 1 aromatic rings. The first-order valence-corrected chi connectivity index (χ1v) is 5.85. The first kappa shape index (κ1) is 12.4. The Labute approximate surface area is 108 Å². The number of hydroxylamine groups is 1. The number of anilines is 1. The molecule has 2 aliphatic rings. The second-order valence-corrected chi connectivity index (χ2v) is 4.51. The van der Waals surface area contributed by atoms with Crippen LogP contribution in [0.2, 0.25) is 0 Å². The van der Waals surface area contributed by atoms with Gasteiger partial charge in [0.15, 0.2) is 18.4 Å². The summed E-state index contributed by atoms with van der Waals surface area (Å²) in [5, 5.41) is 30.3. The van der Waals surface area contributed by atoms with Crippen molar-refractivity contribution in [3.05, 3.63) is 30.3 Å². The molecule has 3 rings (SSSR count). The second-order valence-electron chi connectivity index (χ2n) is 4.51. The maximum absolute atomic E-state index is 11.1. The summed E-state index contributed by atoms with van der Waals surface area (Å²) in [6, 6.07) is 8.48. The Morgan fingerprint density at radius 2 is 1.79 bits per heavy atom. The van der Waals surface area contributed by atoms with Gasteiger partial charge in [0.25, 0.3) is 0 Å². The van der Waals surface area contributed by atoms with Crippen molar-refractivity contribution >= 4 is 11.7 Å². The van der Waals surface area contributed by atoms with Crippen LogP contribution in [0.3, 0.4) is 0 Å². The van der Waals surface area contributed by atoms with E-state index in [0.29, 0.717) is 5.69 Å². The fraction of sp³-hybridized carbons (Fsp3) is 0.417. The molecule has 0 amide bonds. The van der Waals surface area contributed by atoms with Gasteiger partial charge in [0.05, 0.1) is 5.69 Å². The number of rotatable bonds is 2. The highest BCUT2D eigenvalue weighted by molar-refractivity contribution is 5.78. The van der Waals surface area contributed by atoms with Crippen molar-refractivity contribution in [2.45, 2.75) is 30.6 Å². The molecule has 7 nitrogen and oxygen atoms in total.